The van der Waals surface area contributed by atoms with Gasteiger partial charge in [0.05, 0.1) is 10.6 Å². The van der Waals surface area contributed by atoms with Gasteiger partial charge in [-0.1, -0.05) is 49.9 Å². The van der Waals surface area contributed by atoms with E-state index in [-0.39, 0.29) is 0 Å². The van der Waals surface area contributed by atoms with Crippen molar-refractivity contribution in [3.63, 3.8) is 0 Å². The van der Waals surface area contributed by atoms with Crippen LogP contribution in [0.5, 0.6) is 0 Å². The summed E-state index contributed by atoms with van der Waals surface area (Å²) in [5, 5.41) is 1.09. The van der Waals surface area contributed by atoms with Crippen LogP contribution in [0, 0.1) is 0 Å². The molecule has 0 saturated carbocycles. The highest BCUT2D eigenvalue weighted by molar-refractivity contribution is 7.16. The summed E-state index contributed by atoms with van der Waals surface area (Å²) in [5.41, 5.74) is 2.33. The minimum Gasteiger partial charge on any atom is -0.240 e. The fourth-order valence-corrected chi connectivity index (χ4v) is 2.49. The molecule has 0 radical (unpaired) electrons. The molecule has 0 aliphatic rings. The summed E-state index contributed by atoms with van der Waals surface area (Å²) in [7, 11) is 0. The molecule has 2 heteroatoms. The highest BCUT2D eigenvalue weighted by Crippen LogP contribution is 2.28. The summed E-state index contributed by atoms with van der Waals surface area (Å²) in [6.07, 6.45) is 2.85. The predicted octanol–water partition coefficient (Wildman–Crippen LogP) is 4.02. The van der Waals surface area contributed by atoms with Crippen LogP contribution in [-0.2, 0) is 6.42 Å². The van der Waals surface area contributed by atoms with Gasteiger partial charge in [0.1, 0.15) is 5.01 Å². The molecule has 1 aromatic heterocycles. The first-order valence-electron chi connectivity index (χ1n) is 5.02. The smallest absolute Gasteiger partial charge is 0.124 e. The molecule has 0 bridgehead atoms. The summed E-state index contributed by atoms with van der Waals surface area (Å²) >= 11 is 1.71. The highest BCUT2D eigenvalue weighted by Gasteiger charge is 2.07. The van der Waals surface area contributed by atoms with Crippen LogP contribution in [0.2, 0.25) is 0 Å². The van der Waals surface area contributed by atoms with Crippen molar-refractivity contribution in [2.75, 3.05) is 0 Å². The number of rotatable bonds is 3. The molecule has 0 N–H and O–H groups in total. The monoisotopic (exact) mass is 215 g/mol. The maximum Gasteiger partial charge on any atom is 0.124 e. The standard InChI is InChI=1S/C13H13NS/c1-3-11-12(4-2)15-13(14-11)10-8-6-5-7-9-10/h4-9H,2-3H2,1H3. The van der Waals surface area contributed by atoms with Crippen molar-refractivity contribution in [1.29, 1.82) is 0 Å². The molecule has 0 amide bonds. The number of thiazole rings is 1. The fourth-order valence-electron chi connectivity index (χ4n) is 1.48. The van der Waals surface area contributed by atoms with E-state index in [0.29, 0.717) is 0 Å². The normalized spacial score (nSPS) is 10.2. The largest absolute Gasteiger partial charge is 0.240 e. The van der Waals surface area contributed by atoms with E-state index in [1.165, 1.54) is 10.4 Å². The summed E-state index contributed by atoms with van der Waals surface area (Å²) in [6.45, 7) is 5.94. The van der Waals surface area contributed by atoms with Gasteiger partial charge >= 0.3 is 0 Å². The zero-order valence-corrected chi connectivity index (χ0v) is 9.55. The van der Waals surface area contributed by atoms with Crippen LogP contribution in [0.1, 0.15) is 17.5 Å². The van der Waals surface area contributed by atoms with Gasteiger partial charge in [0.15, 0.2) is 0 Å². The average Bonchev–Trinajstić information content (AvgIpc) is 2.73. The third-order valence-electron chi connectivity index (χ3n) is 2.27. The maximum atomic E-state index is 4.62. The molecule has 0 aliphatic heterocycles. The molecule has 76 valence electrons. The Labute approximate surface area is 94.1 Å². The molecule has 0 atom stereocenters. The second-order valence-electron chi connectivity index (χ2n) is 3.25. The van der Waals surface area contributed by atoms with Crippen molar-refractivity contribution in [1.82, 2.24) is 4.98 Å². The van der Waals surface area contributed by atoms with Crippen LogP contribution >= 0.6 is 11.3 Å². The Morgan fingerprint density at radius 1 is 1.33 bits per heavy atom. The number of aromatic nitrogens is 1. The lowest BCUT2D eigenvalue weighted by atomic mass is 10.2. The lowest BCUT2D eigenvalue weighted by Gasteiger charge is -1.92. The molecule has 0 aliphatic carbocycles. The van der Waals surface area contributed by atoms with E-state index in [0.717, 1.165) is 17.1 Å². The minimum atomic E-state index is 0.963. The van der Waals surface area contributed by atoms with Crippen molar-refractivity contribution >= 4 is 17.4 Å². The summed E-state index contributed by atoms with van der Waals surface area (Å²) in [5.74, 6) is 0. The molecule has 1 aromatic carbocycles. The van der Waals surface area contributed by atoms with Crippen LogP contribution in [0.3, 0.4) is 0 Å². The van der Waals surface area contributed by atoms with Gasteiger partial charge < -0.3 is 0 Å². The molecular weight excluding hydrogens is 202 g/mol. The predicted molar refractivity (Wildman–Crippen MR) is 67.0 cm³/mol. The van der Waals surface area contributed by atoms with Gasteiger partial charge in [0, 0.05) is 5.56 Å². The van der Waals surface area contributed by atoms with Crippen molar-refractivity contribution in [3.05, 3.63) is 47.5 Å². The Balaban J connectivity index is 2.46. The summed E-state index contributed by atoms with van der Waals surface area (Å²) in [6, 6.07) is 10.3. The molecule has 0 unspecified atom stereocenters. The fraction of sp³-hybridized carbons (Fsp3) is 0.154. The van der Waals surface area contributed by atoms with Crippen LogP contribution in [0.4, 0.5) is 0 Å². The Morgan fingerprint density at radius 2 is 2.07 bits per heavy atom. The van der Waals surface area contributed by atoms with Crippen molar-refractivity contribution in [3.8, 4) is 10.6 Å². The van der Waals surface area contributed by atoms with Gasteiger partial charge in [-0.15, -0.1) is 11.3 Å². The first kappa shape index (κ1) is 10.1. The molecule has 2 aromatic rings. The maximum absolute atomic E-state index is 4.62. The van der Waals surface area contributed by atoms with E-state index in [2.05, 4.69) is 30.6 Å². The molecule has 0 saturated heterocycles. The third kappa shape index (κ3) is 2.00. The second-order valence-corrected chi connectivity index (χ2v) is 4.28. The Bertz CT molecular complexity index is 457. The summed E-state index contributed by atoms with van der Waals surface area (Å²) < 4.78 is 0. The van der Waals surface area contributed by atoms with Crippen LogP contribution in [0.15, 0.2) is 36.9 Å². The molecular formula is C13H13NS. The van der Waals surface area contributed by atoms with Gasteiger partial charge in [0.2, 0.25) is 0 Å². The van der Waals surface area contributed by atoms with Crippen molar-refractivity contribution < 1.29 is 0 Å². The number of hydrogen-bond donors (Lipinski definition) is 0. The molecule has 0 fully saturated rings. The highest BCUT2D eigenvalue weighted by atomic mass is 32.1. The molecule has 2 rings (SSSR count). The van der Waals surface area contributed by atoms with Crippen LogP contribution in [-0.4, -0.2) is 4.98 Å². The lowest BCUT2D eigenvalue weighted by Crippen LogP contribution is -1.82. The molecule has 1 heterocycles. The average molecular weight is 215 g/mol. The minimum absolute atomic E-state index is 0.963. The topological polar surface area (TPSA) is 12.9 Å². The first-order valence-corrected chi connectivity index (χ1v) is 5.84. The number of hydrogen-bond acceptors (Lipinski definition) is 2. The van der Waals surface area contributed by atoms with Crippen molar-refractivity contribution in [2.45, 2.75) is 13.3 Å². The van der Waals surface area contributed by atoms with Gasteiger partial charge in [-0.25, -0.2) is 4.98 Å². The van der Waals surface area contributed by atoms with Gasteiger partial charge in [-0.05, 0) is 6.42 Å². The van der Waals surface area contributed by atoms with E-state index < -0.39 is 0 Å². The van der Waals surface area contributed by atoms with E-state index in [9.17, 15) is 0 Å². The Morgan fingerprint density at radius 3 is 2.60 bits per heavy atom. The van der Waals surface area contributed by atoms with Gasteiger partial charge in [-0.2, -0.15) is 0 Å². The Kier molecular flexibility index (Phi) is 2.97. The molecule has 0 spiro atoms. The van der Waals surface area contributed by atoms with Gasteiger partial charge in [0.25, 0.3) is 0 Å². The molecule has 15 heavy (non-hydrogen) atoms. The van der Waals surface area contributed by atoms with E-state index in [4.69, 9.17) is 0 Å². The number of aryl methyl sites for hydroxylation is 1. The first-order chi connectivity index (χ1) is 7.35. The third-order valence-corrected chi connectivity index (χ3v) is 3.41. The van der Waals surface area contributed by atoms with E-state index >= 15 is 0 Å². The van der Waals surface area contributed by atoms with E-state index in [1.54, 1.807) is 11.3 Å². The SMILES string of the molecule is C=Cc1sc(-c2ccccc2)nc1CC. The van der Waals surface area contributed by atoms with Crippen LogP contribution in [0.25, 0.3) is 16.6 Å². The van der Waals surface area contributed by atoms with Gasteiger partial charge in [-0.3, -0.25) is 0 Å². The van der Waals surface area contributed by atoms with Crippen molar-refractivity contribution in [2.24, 2.45) is 0 Å². The Hall–Kier alpha value is -1.41. The summed E-state index contributed by atoms with van der Waals surface area (Å²) in [4.78, 5) is 5.81. The number of nitrogens with zero attached hydrogens (tertiary/aromatic N) is 1. The zero-order chi connectivity index (χ0) is 10.7. The number of benzene rings is 1. The molecule has 1 nitrogen and oxygen atoms in total. The lowest BCUT2D eigenvalue weighted by molar-refractivity contribution is 1.06. The zero-order valence-electron chi connectivity index (χ0n) is 8.73. The second kappa shape index (κ2) is 4.41. The quantitative estimate of drug-likeness (QED) is 0.753. The van der Waals surface area contributed by atoms with Crippen LogP contribution < -0.4 is 0 Å². The van der Waals surface area contributed by atoms with E-state index in [1.807, 2.05) is 24.3 Å².